The molecule has 0 bridgehead atoms. The van der Waals surface area contributed by atoms with Gasteiger partial charge in [-0.3, -0.25) is 9.48 Å². The second-order valence-corrected chi connectivity index (χ2v) is 4.31. The number of aliphatic hydroxyl groups excluding tert-OH is 1. The minimum Gasteiger partial charge on any atom is -0.396 e. The smallest absolute Gasteiger partial charge is 0.257 e. The molecule has 0 fully saturated rings. The van der Waals surface area contributed by atoms with E-state index in [1.807, 2.05) is 6.92 Å². The van der Waals surface area contributed by atoms with Gasteiger partial charge in [-0.05, 0) is 26.3 Å². The fourth-order valence-corrected chi connectivity index (χ4v) is 1.74. The quantitative estimate of drug-likeness (QED) is 0.717. The van der Waals surface area contributed by atoms with Crippen LogP contribution in [0.2, 0.25) is 0 Å². The Morgan fingerprint density at radius 1 is 1.56 bits per heavy atom. The maximum absolute atomic E-state index is 12.1. The molecule has 0 saturated heterocycles. The number of hydrogen-bond acceptors (Lipinski definition) is 4. The first-order valence-corrected chi connectivity index (χ1v) is 6.20. The summed E-state index contributed by atoms with van der Waals surface area (Å²) in [6.07, 6.45) is 3.03. The van der Waals surface area contributed by atoms with Gasteiger partial charge >= 0.3 is 0 Å². The zero-order chi connectivity index (χ0) is 13.5. The summed E-state index contributed by atoms with van der Waals surface area (Å²) in [5.74, 6) is -0.0556. The minimum atomic E-state index is -0.0556. The van der Waals surface area contributed by atoms with E-state index in [4.69, 9.17) is 10.8 Å². The van der Waals surface area contributed by atoms with Crippen LogP contribution < -0.4 is 5.73 Å². The molecule has 1 amide bonds. The number of aromatic nitrogens is 2. The SMILES string of the molecule is Cc1c(C(=O)N(C)CCCO)cnn1CCCN. The van der Waals surface area contributed by atoms with E-state index in [0.29, 0.717) is 25.1 Å². The highest BCUT2D eigenvalue weighted by Gasteiger charge is 2.17. The lowest BCUT2D eigenvalue weighted by molar-refractivity contribution is 0.0785. The van der Waals surface area contributed by atoms with Crippen LogP contribution in [0, 0.1) is 6.92 Å². The Labute approximate surface area is 107 Å². The molecule has 6 nitrogen and oxygen atoms in total. The molecule has 1 heterocycles. The molecule has 0 radical (unpaired) electrons. The van der Waals surface area contributed by atoms with Crippen molar-refractivity contribution < 1.29 is 9.90 Å². The molecule has 0 spiro atoms. The molecule has 1 aromatic rings. The fourth-order valence-electron chi connectivity index (χ4n) is 1.74. The second kappa shape index (κ2) is 7.13. The first-order chi connectivity index (χ1) is 8.61. The molecule has 0 aliphatic carbocycles. The Balaban J connectivity index is 2.71. The number of carbonyl (C=O) groups excluding carboxylic acids is 1. The largest absolute Gasteiger partial charge is 0.396 e. The van der Waals surface area contributed by atoms with Crippen molar-refractivity contribution in [1.82, 2.24) is 14.7 Å². The van der Waals surface area contributed by atoms with Gasteiger partial charge in [-0.15, -0.1) is 0 Å². The lowest BCUT2D eigenvalue weighted by Crippen LogP contribution is -2.28. The average Bonchev–Trinajstić information content (AvgIpc) is 2.74. The van der Waals surface area contributed by atoms with Crippen molar-refractivity contribution in [3.63, 3.8) is 0 Å². The molecule has 6 heteroatoms. The Bertz CT molecular complexity index is 389. The van der Waals surface area contributed by atoms with Crippen molar-refractivity contribution in [2.24, 2.45) is 5.73 Å². The number of nitrogens with zero attached hydrogens (tertiary/aromatic N) is 3. The van der Waals surface area contributed by atoms with Crippen molar-refractivity contribution in [3.05, 3.63) is 17.5 Å². The zero-order valence-electron chi connectivity index (χ0n) is 11.1. The van der Waals surface area contributed by atoms with Gasteiger partial charge in [-0.1, -0.05) is 0 Å². The maximum atomic E-state index is 12.1. The van der Waals surface area contributed by atoms with Gasteiger partial charge in [0.15, 0.2) is 0 Å². The molecule has 0 aromatic carbocycles. The van der Waals surface area contributed by atoms with E-state index in [2.05, 4.69) is 5.10 Å². The lowest BCUT2D eigenvalue weighted by Gasteiger charge is -2.16. The molecule has 0 unspecified atom stereocenters. The third-order valence-electron chi connectivity index (χ3n) is 2.91. The molecule has 1 rings (SSSR count). The average molecular weight is 254 g/mol. The van der Waals surface area contributed by atoms with Crippen LogP contribution in [0.3, 0.4) is 0 Å². The third kappa shape index (κ3) is 3.54. The molecule has 1 aromatic heterocycles. The van der Waals surface area contributed by atoms with Gasteiger partial charge in [0.25, 0.3) is 5.91 Å². The van der Waals surface area contributed by atoms with E-state index in [1.165, 1.54) is 0 Å². The summed E-state index contributed by atoms with van der Waals surface area (Å²) in [4.78, 5) is 13.7. The number of amides is 1. The fraction of sp³-hybridized carbons (Fsp3) is 0.667. The highest BCUT2D eigenvalue weighted by Crippen LogP contribution is 2.10. The first-order valence-electron chi connectivity index (χ1n) is 6.20. The molecule has 0 saturated carbocycles. The van der Waals surface area contributed by atoms with Crippen LogP contribution in [0.15, 0.2) is 6.20 Å². The summed E-state index contributed by atoms with van der Waals surface area (Å²) in [5.41, 5.74) is 6.94. The standard InChI is InChI=1S/C12H22N4O2/c1-10-11(9-14-16(10)7-3-5-13)12(18)15(2)6-4-8-17/h9,17H,3-8,13H2,1-2H3. The first kappa shape index (κ1) is 14.7. The monoisotopic (exact) mass is 254 g/mol. The normalized spacial score (nSPS) is 10.7. The van der Waals surface area contributed by atoms with Crippen molar-refractivity contribution in [2.75, 3.05) is 26.7 Å². The number of carbonyl (C=O) groups is 1. The summed E-state index contributed by atoms with van der Waals surface area (Å²) in [6.45, 7) is 3.86. The topological polar surface area (TPSA) is 84.4 Å². The maximum Gasteiger partial charge on any atom is 0.257 e. The van der Waals surface area contributed by atoms with Crippen LogP contribution in [0.25, 0.3) is 0 Å². The Morgan fingerprint density at radius 3 is 2.89 bits per heavy atom. The molecule has 0 aliphatic rings. The number of rotatable bonds is 7. The minimum absolute atomic E-state index is 0.0556. The molecular weight excluding hydrogens is 232 g/mol. The van der Waals surface area contributed by atoms with Crippen LogP contribution in [-0.4, -0.2) is 52.4 Å². The lowest BCUT2D eigenvalue weighted by atomic mass is 10.2. The summed E-state index contributed by atoms with van der Waals surface area (Å²) in [7, 11) is 1.73. The van der Waals surface area contributed by atoms with Gasteiger partial charge < -0.3 is 15.7 Å². The van der Waals surface area contributed by atoms with E-state index in [9.17, 15) is 4.79 Å². The molecule has 0 aliphatic heterocycles. The highest BCUT2D eigenvalue weighted by atomic mass is 16.3. The number of nitrogens with two attached hydrogens (primary N) is 1. The van der Waals surface area contributed by atoms with Crippen LogP contribution in [0.5, 0.6) is 0 Å². The predicted molar refractivity (Wildman–Crippen MR) is 69.3 cm³/mol. The summed E-state index contributed by atoms with van der Waals surface area (Å²) < 4.78 is 1.81. The van der Waals surface area contributed by atoms with Crippen molar-refractivity contribution in [3.8, 4) is 0 Å². The molecule has 0 atom stereocenters. The number of hydrogen-bond donors (Lipinski definition) is 2. The third-order valence-corrected chi connectivity index (χ3v) is 2.91. The van der Waals surface area contributed by atoms with Gasteiger partial charge in [0, 0.05) is 32.4 Å². The van der Waals surface area contributed by atoms with Gasteiger partial charge in [0.1, 0.15) is 0 Å². The van der Waals surface area contributed by atoms with Crippen LogP contribution in [0.1, 0.15) is 28.9 Å². The van der Waals surface area contributed by atoms with E-state index < -0.39 is 0 Å². The van der Waals surface area contributed by atoms with E-state index >= 15 is 0 Å². The number of aryl methyl sites for hydroxylation is 1. The van der Waals surface area contributed by atoms with Gasteiger partial charge in [-0.2, -0.15) is 5.10 Å². The molecular formula is C12H22N4O2. The van der Waals surface area contributed by atoms with Gasteiger partial charge in [-0.25, -0.2) is 0 Å². The molecule has 102 valence electrons. The second-order valence-electron chi connectivity index (χ2n) is 4.31. The van der Waals surface area contributed by atoms with E-state index in [-0.39, 0.29) is 12.5 Å². The van der Waals surface area contributed by atoms with Crippen molar-refractivity contribution in [2.45, 2.75) is 26.3 Å². The Kier molecular flexibility index (Phi) is 5.80. The van der Waals surface area contributed by atoms with Crippen molar-refractivity contribution in [1.29, 1.82) is 0 Å². The zero-order valence-corrected chi connectivity index (χ0v) is 11.1. The van der Waals surface area contributed by atoms with Crippen LogP contribution in [-0.2, 0) is 6.54 Å². The van der Waals surface area contributed by atoms with Gasteiger partial charge in [0.2, 0.25) is 0 Å². The molecule has 3 N–H and O–H groups in total. The Morgan fingerprint density at radius 2 is 2.28 bits per heavy atom. The van der Waals surface area contributed by atoms with Crippen LogP contribution in [0.4, 0.5) is 0 Å². The van der Waals surface area contributed by atoms with E-state index in [0.717, 1.165) is 18.7 Å². The summed E-state index contributed by atoms with van der Waals surface area (Å²) in [5, 5.41) is 13.0. The summed E-state index contributed by atoms with van der Waals surface area (Å²) >= 11 is 0. The molecule has 18 heavy (non-hydrogen) atoms. The van der Waals surface area contributed by atoms with E-state index in [1.54, 1.807) is 22.8 Å². The van der Waals surface area contributed by atoms with Gasteiger partial charge in [0.05, 0.1) is 11.8 Å². The predicted octanol–water partition coefficient (Wildman–Crippen LogP) is -0.00528. The summed E-state index contributed by atoms with van der Waals surface area (Å²) in [6, 6.07) is 0. The van der Waals surface area contributed by atoms with Crippen LogP contribution >= 0.6 is 0 Å². The highest BCUT2D eigenvalue weighted by molar-refractivity contribution is 5.94. The van der Waals surface area contributed by atoms with Crippen molar-refractivity contribution >= 4 is 5.91 Å². The Hall–Kier alpha value is -1.40. The number of aliphatic hydroxyl groups is 1.